The summed E-state index contributed by atoms with van der Waals surface area (Å²) in [6.07, 6.45) is 4.88. The summed E-state index contributed by atoms with van der Waals surface area (Å²) in [6, 6.07) is 17.8. The number of benzene rings is 3. The van der Waals surface area contributed by atoms with Gasteiger partial charge in [-0.1, -0.05) is 62.6 Å². The molecule has 1 fully saturated rings. The zero-order valence-electron chi connectivity index (χ0n) is 25.7. The highest BCUT2D eigenvalue weighted by atomic mass is 16.5. The van der Waals surface area contributed by atoms with Crippen LogP contribution in [-0.4, -0.2) is 77.8 Å². The Balaban J connectivity index is 1.34. The van der Waals surface area contributed by atoms with Crippen LogP contribution in [0.15, 0.2) is 60.7 Å². The Bertz CT molecular complexity index is 1480. The number of fused-ring (bicyclic) bond motifs is 2. The largest absolute Gasteiger partial charge is 0.487 e. The third kappa shape index (κ3) is 7.24. The molecule has 10 heteroatoms. The highest BCUT2D eigenvalue weighted by Crippen LogP contribution is 2.31. The average molecular weight is 602 g/mol. The normalized spacial score (nSPS) is 19.6. The molecule has 3 aromatic carbocycles. The molecule has 2 aliphatic rings. The number of carbonyl (C=O) groups is 3. The molecule has 1 aliphatic heterocycles. The molecule has 0 aromatic heterocycles. The molecule has 3 atom stereocenters. The van der Waals surface area contributed by atoms with Gasteiger partial charge in [0.1, 0.15) is 11.9 Å². The van der Waals surface area contributed by atoms with Gasteiger partial charge in [-0.3, -0.25) is 4.79 Å². The number of anilines is 2. The Morgan fingerprint density at radius 3 is 2.57 bits per heavy atom. The first-order valence-corrected chi connectivity index (χ1v) is 15.5. The van der Waals surface area contributed by atoms with Crippen molar-refractivity contribution in [2.24, 2.45) is 5.92 Å². The smallest absolute Gasteiger partial charge is 0.321 e. The Hall–Kier alpha value is -4.31. The molecule has 0 radical (unpaired) electrons. The summed E-state index contributed by atoms with van der Waals surface area (Å²) in [5, 5.41) is 20.9. The van der Waals surface area contributed by atoms with E-state index in [2.05, 4.69) is 16.0 Å². The molecule has 0 bridgehead atoms. The van der Waals surface area contributed by atoms with Crippen molar-refractivity contribution >= 4 is 40.1 Å². The van der Waals surface area contributed by atoms with E-state index in [9.17, 15) is 19.5 Å². The SMILES string of the molecule is C[C@H]1CN([C@@H](C)CO)C(=O)c2cc(NC(=O)NC3CCCCC3)ccc2O[C@H]1CN(C)C(=O)Nc1cccc2ccccc12. The minimum absolute atomic E-state index is 0.149. The van der Waals surface area contributed by atoms with E-state index in [4.69, 9.17) is 4.74 Å². The van der Waals surface area contributed by atoms with Gasteiger partial charge in [-0.25, -0.2) is 9.59 Å². The molecule has 10 nitrogen and oxygen atoms in total. The number of amides is 5. The zero-order chi connectivity index (χ0) is 31.2. The maximum absolute atomic E-state index is 13.8. The van der Waals surface area contributed by atoms with Gasteiger partial charge in [0.15, 0.2) is 0 Å². The standard InChI is InChI=1S/C34H43N5O5/c1-22-19-39(23(2)21-40)32(41)28-18-26(36-33(42)35-25-12-5-4-6-13-25)16-17-30(28)44-31(22)20-38(3)34(43)37-29-15-9-11-24-10-7-8-14-27(24)29/h7-11,14-18,22-23,25,31,40H,4-6,12-13,19-21H2,1-3H3,(H,37,43)(H2,35,36,42)/t22-,23-,31-/m0/s1. The minimum atomic E-state index is -0.452. The lowest BCUT2D eigenvalue weighted by Gasteiger charge is -2.38. The van der Waals surface area contributed by atoms with Gasteiger partial charge in [-0.05, 0) is 49.4 Å². The molecule has 0 spiro atoms. The van der Waals surface area contributed by atoms with E-state index < -0.39 is 12.1 Å². The predicted octanol–water partition coefficient (Wildman–Crippen LogP) is 5.68. The number of ether oxygens (including phenoxy) is 1. The molecule has 3 aromatic rings. The van der Waals surface area contributed by atoms with Crippen LogP contribution in [0.3, 0.4) is 0 Å². The summed E-state index contributed by atoms with van der Waals surface area (Å²) in [5.41, 5.74) is 1.49. The van der Waals surface area contributed by atoms with Crippen molar-refractivity contribution in [1.29, 1.82) is 0 Å². The number of aliphatic hydroxyl groups is 1. The van der Waals surface area contributed by atoms with E-state index >= 15 is 0 Å². The molecular weight excluding hydrogens is 558 g/mol. The Morgan fingerprint density at radius 2 is 1.80 bits per heavy atom. The highest BCUT2D eigenvalue weighted by molar-refractivity contribution is 6.02. The lowest BCUT2D eigenvalue weighted by Crippen LogP contribution is -2.50. The van der Waals surface area contributed by atoms with Crippen LogP contribution >= 0.6 is 0 Å². The van der Waals surface area contributed by atoms with Gasteiger partial charge in [0.2, 0.25) is 0 Å². The van der Waals surface area contributed by atoms with Crippen LogP contribution in [0.4, 0.5) is 21.0 Å². The van der Waals surface area contributed by atoms with Crippen molar-refractivity contribution < 1.29 is 24.2 Å². The first-order valence-electron chi connectivity index (χ1n) is 15.5. The number of rotatable bonds is 7. The fraction of sp³-hybridized carbons (Fsp3) is 0.441. The van der Waals surface area contributed by atoms with Crippen molar-refractivity contribution in [3.63, 3.8) is 0 Å². The van der Waals surface area contributed by atoms with Gasteiger partial charge in [-0.2, -0.15) is 0 Å². The molecular formula is C34H43N5O5. The summed E-state index contributed by atoms with van der Waals surface area (Å²) in [7, 11) is 1.72. The number of nitrogens with one attached hydrogen (secondary N) is 3. The zero-order valence-corrected chi connectivity index (χ0v) is 25.7. The summed E-state index contributed by atoms with van der Waals surface area (Å²) in [4.78, 5) is 43.0. The van der Waals surface area contributed by atoms with Crippen LogP contribution in [0.2, 0.25) is 0 Å². The molecule has 1 saturated carbocycles. The fourth-order valence-corrected chi connectivity index (χ4v) is 6.02. The Labute approximate surface area is 258 Å². The maximum Gasteiger partial charge on any atom is 0.321 e. The van der Waals surface area contributed by atoms with Crippen molar-refractivity contribution in [2.45, 2.75) is 64.1 Å². The van der Waals surface area contributed by atoms with Crippen LogP contribution < -0.4 is 20.7 Å². The first-order chi connectivity index (χ1) is 21.2. The number of nitrogens with zero attached hydrogens (tertiary/aromatic N) is 2. The summed E-state index contributed by atoms with van der Waals surface area (Å²) >= 11 is 0. The molecule has 1 aliphatic carbocycles. The fourth-order valence-electron chi connectivity index (χ4n) is 6.02. The van der Waals surface area contributed by atoms with Gasteiger partial charge in [0.25, 0.3) is 5.91 Å². The molecule has 5 rings (SSSR count). The predicted molar refractivity (Wildman–Crippen MR) is 172 cm³/mol. The third-order valence-corrected chi connectivity index (χ3v) is 8.69. The topological polar surface area (TPSA) is 123 Å². The summed E-state index contributed by atoms with van der Waals surface area (Å²) in [5.74, 6) is -0.0824. The lowest BCUT2D eigenvalue weighted by molar-refractivity contribution is 0.0371. The first kappa shape index (κ1) is 31.1. The van der Waals surface area contributed by atoms with Crippen LogP contribution in [0.5, 0.6) is 5.75 Å². The number of carbonyl (C=O) groups excluding carboxylic acids is 3. The second kappa shape index (κ2) is 14.0. The van der Waals surface area contributed by atoms with E-state index in [1.54, 1.807) is 42.0 Å². The molecule has 5 amide bonds. The lowest BCUT2D eigenvalue weighted by atomic mass is 9.96. The van der Waals surface area contributed by atoms with Gasteiger partial charge in [0.05, 0.1) is 30.4 Å². The quantitative estimate of drug-likeness (QED) is 0.278. The molecule has 1 heterocycles. The van der Waals surface area contributed by atoms with Gasteiger partial charge in [0, 0.05) is 36.6 Å². The number of likely N-dealkylation sites (N-methyl/N-ethyl adjacent to an activating group) is 1. The van der Waals surface area contributed by atoms with Crippen molar-refractivity contribution in [2.75, 3.05) is 37.4 Å². The molecule has 234 valence electrons. The van der Waals surface area contributed by atoms with Gasteiger partial charge < -0.3 is 35.6 Å². The van der Waals surface area contributed by atoms with E-state index in [1.165, 1.54) is 6.42 Å². The molecule has 0 saturated heterocycles. The maximum atomic E-state index is 13.8. The van der Waals surface area contributed by atoms with Gasteiger partial charge in [-0.15, -0.1) is 0 Å². The molecule has 0 unspecified atom stereocenters. The van der Waals surface area contributed by atoms with E-state index in [-0.39, 0.29) is 43.1 Å². The Kier molecular flexibility index (Phi) is 9.89. The van der Waals surface area contributed by atoms with Crippen molar-refractivity contribution in [3.8, 4) is 5.75 Å². The average Bonchev–Trinajstić information content (AvgIpc) is 3.03. The molecule has 44 heavy (non-hydrogen) atoms. The summed E-state index contributed by atoms with van der Waals surface area (Å²) < 4.78 is 6.44. The Morgan fingerprint density at radius 1 is 1.05 bits per heavy atom. The summed E-state index contributed by atoms with van der Waals surface area (Å²) in [6.45, 7) is 4.15. The number of aliphatic hydroxyl groups excluding tert-OH is 1. The van der Waals surface area contributed by atoms with Crippen molar-refractivity contribution in [1.82, 2.24) is 15.1 Å². The number of urea groups is 2. The van der Waals surface area contributed by atoms with Crippen LogP contribution in [0.1, 0.15) is 56.3 Å². The van der Waals surface area contributed by atoms with Gasteiger partial charge >= 0.3 is 12.1 Å². The van der Waals surface area contributed by atoms with E-state index in [0.717, 1.165) is 42.1 Å². The van der Waals surface area contributed by atoms with Crippen molar-refractivity contribution in [3.05, 3.63) is 66.2 Å². The second-order valence-corrected chi connectivity index (χ2v) is 12.1. The van der Waals surface area contributed by atoms with Crippen LogP contribution in [0.25, 0.3) is 10.8 Å². The highest BCUT2D eigenvalue weighted by Gasteiger charge is 2.34. The number of hydrogen-bond donors (Lipinski definition) is 4. The van der Waals surface area contributed by atoms with E-state index in [0.29, 0.717) is 23.5 Å². The van der Waals surface area contributed by atoms with E-state index in [1.807, 2.05) is 49.4 Å². The van der Waals surface area contributed by atoms with Crippen LogP contribution in [-0.2, 0) is 0 Å². The third-order valence-electron chi connectivity index (χ3n) is 8.69. The minimum Gasteiger partial charge on any atom is -0.487 e. The molecule has 4 N–H and O–H groups in total. The second-order valence-electron chi connectivity index (χ2n) is 12.1. The monoisotopic (exact) mass is 601 g/mol. The number of hydrogen-bond acceptors (Lipinski definition) is 5. The van der Waals surface area contributed by atoms with Crippen LogP contribution in [0, 0.1) is 5.92 Å².